The molecule has 0 fully saturated rings. The van der Waals surface area contributed by atoms with E-state index >= 15 is 0 Å². The molecule has 0 aliphatic carbocycles. The van der Waals surface area contributed by atoms with Crippen LogP contribution in [0.25, 0.3) is 33.4 Å². The minimum absolute atomic E-state index is 0.283. The maximum absolute atomic E-state index is 13.4. The number of halogens is 1. The summed E-state index contributed by atoms with van der Waals surface area (Å²) in [7, 11) is 3.39. The third-order valence-electron chi connectivity index (χ3n) is 5.22. The molecule has 0 radical (unpaired) electrons. The third kappa shape index (κ3) is 3.89. The summed E-state index contributed by atoms with van der Waals surface area (Å²) in [6.07, 6.45) is 0. The summed E-state index contributed by atoms with van der Waals surface area (Å²) in [5.74, 6) is -0.254. The molecule has 1 heterocycles. The van der Waals surface area contributed by atoms with Crippen molar-refractivity contribution in [3.63, 3.8) is 0 Å². The summed E-state index contributed by atoms with van der Waals surface area (Å²) in [4.78, 5) is 12.8. The summed E-state index contributed by atoms with van der Waals surface area (Å²) in [5.41, 5.74) is 11.0. The highest BCUT2D eigenvalue weighted by atomic mass is 32.1. The lowest BCUT2D eigenvalue weighted by Gasteiger charge is -2.17. The first-order chi connectivity index (χ1) is 14.9. The van der Waals surface area contributed by atoms with Crippen molar-refractivity contribution < 1.29 is 13.6 Å². The molecule has 31 heavy (non-hydrogen) atoms. The quantitative estimate of drug-likeness (QED) is 0.386. The predicted molar refractivity (Wildman–Crippen MR) is 126 cm³/mol. The molecule has 0 bridgehead atoms. The van der Waals surface area contributed by atoms with Crippen molar-refractivity contribution in [1.82, 2.24) is 5.32 Å². The Kier molecular flexibility index (Phi) is 5.71. The Morgan fingerprint density at radius 3 is 2.32 bits per heavy atom. The van der Waals surface area contributed by atoms with Gasteiger partial charge in [-0.2, -0.15) is 0 Å². The third-order valence-corrected chi connectivity index (χ3v) is 5.43. The van der Waals surface area contributed by atoms with Gasteiger partial charge < -0.3 is 19.8 Å². The Hall–Kier alpha value is -3.29. The zero-order valence-electron chi connectivity index (χ0n) is 17.1. The van der Waals surface area contributed by atoms with Gasteiger partial charge in [0.25, 0.3) is 5.91 Å². The number of benzene rings is 3. The van der Waals surface area contributed by atoms with Crippen LogP contribution in [0, 0.1) is 5.82 Å². The number of rotatable bonds is 5. The Morgan fingerprint density at radius 1 is 1.10 bits per heavy atom. The van der Waals surface area contributed by atoms with E-state index in [1.165, 1.54) is 12.1 Å². The second kappa shape index (κ2) is 8.45. The molecule has 5 nitrogen and oxygen atoms in total. The molecule has 0 aliphatic heterocycles. The maximum Gasteiger partial charge on any atom is 0.255 e. The van der Waals surface area contributed by atoms with Crippen molar-refractivity contribution in [2.75, 3.05) is 18.4 Å². The normalized spacial score (nSPS) is 11.0. The van der Waals surface area contributed by atoms with Crippen LogP contribution in [0.1, 0.15) is 15.9 Å². The van der Waals surface area contributed by atoms with Crippen LogP contribution in [-0.2, 0) is 6.54 Å². The van der Waals surface area contributed by atoms with Gasteiger partial charge in [0.2, 0.25) is 0 Å². The van der Waals surface area contributed by atoms with Crippen molar-refractivity contribution in [2.24, 2.45) is 5.73 Å². The summed E-state index contributed by atoms with van der Waals surface area (Å²) in [5, 5.41) is 3.34. The first-order valence-electron chi connectivity index (χ1n) is 9.73. The van der Waals surface area contributed by atoms with E-state index in [1.54, 1.807) is 23.5 Å². The number of hydrogen-bond donors (Lipinski definition) is 3. The molecule has 158 valence electrons. The van der Waals surface area contributed by atoms with Crippen molar-refractivity contribution in [3.8, 4) is 22.5 Å². The van der Waals surface area contributed by atoms with Crippen LogP contribution in [0.3, 0.4) is 0 Å². The molecule has 0 saturated heterocycles. The van der Waals surface area contributed by atoms with Crippen LogP contribution in [0.5, 0.6) is 0 Å². The highest BCUT2D eigenvalue weighted by molar-refractivity contribution is 7.81. The van der Waals surface area contributed by atoms with Gasteiger partial charge in [-0.05, 0) is 41.5 Å². The van der Waals surface area contributed by atoms with Gasteiger partial charge in [0.15, 0.2) is 0 Å². The van der Waals surface area contributed by atoms with Gasteiger partial charge in [-0.15, -0.1) is 0 Å². The summed E-state index contributed by atoms with van der Waals surface area (Å²) >= 11 is 4.50. The topological polar surface area (TPSA) is 71.5 Å². The molecule has 0 aliphatic rings. The van der Waals surface area contributed by atoms with E-state index in [4.69, 9.17) is 10.2 Å². The first kappa shape index (κ1) is 21.0. The lowest BCUT2D eigenvalue weighted by atomic mass is 9.97. The number of anilines is 1. The average molecular weight is 436 g/mol. The van der Waals surface area contributed by atoms with Gasteiger partial charge in [0.05, 0.1) is 11.3 Å². The fraction of sp³-hybridized carbons (Fsp3) is 0.125. The Morgan fingerprint density at radius 2 is 1.74 bits per heavy atom. The summed E-state index contributed by atoms with van der Waals surface area (Å²) < 4.78 is 21.2. The van der Waals surface area contributed by atoms with E-state index in [1.807, 2.05) is 43.4 Å². The van der Waals surface area contributed by atoms with Crippen LogP contribution in [-0.4, -0.2) is 20.0 Å². The van der Waals surface area contributed by atoms with Crippen LogP contribution in [0.4, 0.5) is 10.1 Å². The fourth-order valence-electron chi connectivity index (χ4n) is 3.61. The van der Waals surface area contributed by atoms with E-state index in [-0.39, 0.29) is 11.7 Å². The number of carbonyl (C=O) groups excluding carboxylic acids is 1. The highest BCUT2D eigenvalue weighted by Gasteiger charge is 2.24. The van der Waals surface area contributed by atoms with Crippen molar-refractivity contribution >= 4 is 35.4 Å². The van der Waals surface area contributed by atoms with Crippen molar-refractivity contribution in [2.45, 2.75) is 6.54 Å². The number of nitrogens with two attached hydrogens (primary N) is 1. The van der Waals surface area contributed by atoms with Crippen LogP contribution >= 0.6 is 12.8 Å². The summed E-state index contributed by atoms with van der Waals surface area (Å²) in [6.45, 7) is 0.461. The van der Waals surface area contributed by atoms with Gasteiger partial charge in [0.1, 0.15) is 17.2 Å². The van der Waals surface area contributed by atoms with Crippen LogP contribution in [0.2, 0.25) is 0 Å². The van der Waals surface area contributed by atoms with Gasteiger partial charge in [-0.25, -0.2) is 4.39 Å². The lowest BCUT2D eigenvalue weighted by Crippen LogP contribution is -2.18. The molecule has 0 spiro atoms. The SMILES string of the molecule is CNC(=O)c1c(-c2ccc(F)cc2)oc2cc(N(C)S)c(-c3ccc(CN)cc3)cc12. The van der Waals surface area contributed by atoms with Crippen molar-refractivity contribution in [1.29, 1.82) is 0 Å². The highest BCUT2D eigenvalue weighted by Crippen LogP contribution is 2.41. The first-order valence-corrected chi connectivity index (χ1v) is 10.1. The molecular weight excluding hydrogens is 413 g/mol. The second-order valence-electron chi connectivity index (χ2n) is 7.18. The number of hydrogen-bond acceptors (Lipinski definition) is 5. The van der Waals surface area contributed by atoms with Crippen molar-refractivity contribution in [3.05, 3.63) is 77.6 Å². The molecule has 7 heteroatoms. The molecule has 0 atom stereocenters. The fourth-order valence-corrected chi connectivity index (χ4v) is 3.77. The number of furan rings is 1. The monoisotopic (exact) mass is 435 g/mol. The standard InChI is InChI=1S/C24H22FN3O2S/c1-27-24(29)22-19-11-18(15-5-3-14(13-26)4-6-15)20(28(2)31)12-21(19)30-23(22)16-7-9-17(25)10-8-16/h3-12,31H,13,26H2,1-2H3,(H,27,29). The Labute approximate surface area is 185 Å². The number of thiol groups is 1. The molecular formula is C24H22FN3O2S. The zero-order valence-corrected chi connectivity index (χ0v) is 18.0. The van der Waals surface area contributed by atoms with E-state index in [9.17, 15) is 9.18 Å². The minimum Gasteiger partial charge on any atom is -0.455 e. The molecule has 0 unspecified atom stereocenters. The number of carbonyl (C=O) groups is 1. The predicted octanol–water partition coefficient (Wildman–Crippen LogP) is 5.01. The summed E-state index contributed by atoms with van der Waals surface area (Å²) in [6, 6.07) is 17.6. The number of nitrogens with zero attached hydrogens (tertiary/aromatic N) is 1. The molecule has 4 aromatic rings. The Bertz CT molecular complexity index is 1250. The number of fused-ring (bicyclic) bond motifs is 1. The van der Waals surface area contributed by atoms with E-state index in [0.29, 0.717) is 34.4 Å². The largest absolute Gasteiger partial charge is 0.455 e. The second-order valence-corrected chi connectivity index (χ2v) is 7.78. The molecule has 0 saturated carbocycles. The van der Waals surface area contributed by atoms with Gasteiger partial charge in [-0.1, -0.05) is 37.1 Å². The van der Waals surface area contributed by atoms with E-state index in [0.717, 1.165) is 22.4 Å². The van der Waals surface area contributed by atoms with Gasteiger partial charge in [0, 0.05) is 43.2 Å². The number of amides is 1. The molecule has 3 aromatic carbocycles. The minimum atomic E-state index is -0.358. The molecule has 4 rings (SSSR count). The maximum atomic E-state index is 13.4. The van der Waals surface area contributed by atoms with Crippen LogP contribution < -0.4 is 15.4 Å². The lowest BCUT2D eigenvalue weighted by molar-refractivity contribution is 0.0964. The van der Waals surface area contributed by atoms with Crippen LogP contribution in [0.15, 0.2) is 65.1 Å². The smallest absolute Gasteiger partial charge is 0.255 e. The zero-order chi connectivity index (χ0) is 22.1. The molecule has 3 N–H and O–H groups in total. The van der Waals surface area contributed by atoms with E-state index in [2.05, 4.69) is 18.1 Å². The van der Waals surface area contributed by atoms with Gasteiger partial charge >= 0.3 is 0 Å². The average Bonchev–Trinajstić information content (AvgIpc) is 3.16. The molecule has 1 amide bonds. The van der Waals surface area contributed by atoms with E-state index < -0.39 is 0 Å². The van der Waals surface area contributed by atoms with Gasteiger partial charge in [-0.3, -0.25) is 4.79 Å². The molecule has 1 aromatic heterocycles. The number of nitrogens with one attached hydrogen (secondary N) is 1. The Balaban J connectivity index is 2.00.